The molecule has 0 spiro atoms. The van der Waals surface area contributed by atoms with Crippen molar-refractivity contribution in [1.82, 2.24) is 21.2 Å². The van der Waals surface area contributed by atoms with Crippen molar-refractivity contribution in [2.75, 3.05) is 0 Å². The third-order valence-electron chi connectivity index (χ3n) is 4.65. The quantitative estimate of drug-likeness (QED) is 0.740. The molecule has 1 fully saturated rings. The number of pyridine rings is 1. The summed E-state index contributed by atoms with van der Waals surface area (Å²) in [5.74, 6) is -0.00628. The summed E-state index contributed by atoms with van der Waals surface area (Å²) in [6.45, 7) is 4.37. The fourth-order valence-corrected chi connectivity index (χ4v) is 3.04. The number of benzene rings is 1. The Morgan fingerprint density at radius 3 is 2.81 bits per heavy atom. The molecule has 7 heteroatoms. The summed E-state index contributed by atoms with van der Waals surface area (Å²) in [5.41, 5.74) is 6.87. The van der Waals surface area contributed by atoms with Crippen LogP contribution in [0.25, 0.3) is 0 Å². The molecule has 0 saturated carbocycles. The highest BCUT2D eigenvalue weighted by atomic mass is 19.1. The number of nitrogens with one attached hydrogen (secondary N) is 3. The van der Waals surface area contributed by atoms with Crippen molar-refractivity contribution in [3.05, 3.63) is 54.0 Å². The van der Waals surface area contributed by atoms with Gasteiger partial charge in [-0.2, -0.15) is 0 Å². The lowest BCUT2D eigenvalue weighted by atomic mass is 9.94. The summed E-state index contributed by atoms with van der Waals surface area (Å²) < 4.78 is 19.4. The van der Waals surface area contributed by atoms with Gasteiger partial charge in [-0.25, -0.2) is 14.8 Å². The van der Waals surface area contributed by atoms with Gasteiger partial charge in [-0.15, -0.1) is 0 Å². The number of amides is 1. The van der Waals surface area contributed by atoms with Crippen molar-refractivity contribution < 1.29 is 13.9 Å². The fraction of sp³-hybridized carbons (Fsp3) is 0.368. The van der Waals surface area contributed by atoms with Crippen molar-refractivity contribution in [3.63, 3.8) is 0 Å². The van der Waals surface area contributed by atoms with Gasteiger partial charge >= 0.3 is 0 Å². The SMILES string of the molecule is CCC1NNC(C(=O)NCc2cccnc2Oc2ccccc2F)C1C. The largest absolute Gasteiger partial charge is 0.436 e. The minimum Gasteiger partial charge on any atom is -0.436 e. The van der Waals surface area contributed by atoms with Gasteiger partial charge in [0.1, 0.15) is 6.04 Å². The zero-order valence-corrected chi connectivity index (χ0v) is 14.8. The third kappa shape index (κ3) is 4.00. The van der Waals surface area contributed by atoms with Gasteiger partial charge in [0.05, 0.1) is 0 Å². The van der Waals surface area contributed by atoms with Crippen LogP contribution in [-0.4, -0.2) is 23.0 Å². The molecule has 0 aliphatic carbocycles. The Morgan fingerprint density at radius 1 is 1.27 bits per heavy atom. The van der Waals surface area contributed by atoms with E-state index in [0.717, 1.165) is 6.42 Å². The summed E-state index contributed by atoms with van der Waals surface area (Å²) in [6.07, 6.45) is 2.51. The van der Waals surface area contributed by atoms with Gasteiger partial charge in [0, 0.05) is 24.3 Å². The number of hydrazine groups is 1. The molecule has 1 aromatic carbocycles. The van der Waals surface area contributed by atoms with Crippen molar-refractivity contribution in [2.24, 2.45) is 5.92 Å². The first-order valence-electron chi connectivity index (χ1n) is 8.75. The first-order chi connectivity index (χ1) is 12.6. The van der Waals surface area contributed by atoms with Crippen LogP contribution in [0.2, 0.25) is 0 Å². The maximum absolute atomic E-state index is 13.8. The van der Waals surface area contributed by atoms with E-state index in [1.165, 1.54) is 12.1 Å². The summed E-state index contributed by atoms with van der Waals surface area (Å²) in [7, 11) is 0. The predicted molar refractivity (Wildman–Crippen MR) is 95.9 cm³/mol. The fourth-order valence-electron chi connectivity index (χ4n) is 3.04. The summed E-state index contributed by atoms with van der Waals surface area (Å²) in [5, 5.41) is 2.90. The molecule has 26 heavy (non-hydrogen) atoms. The highest BCUT2D eigenvalue weighted by molar-refractivity contribution is 5.82. The van der Waals surface area contributed by atoms with E-state index in [9.17, 15) is 9.18 Å². The van der Waals surface area contributed by atoms with Crippen LogP contribution in [0, 0.1) is 11.7 Å². The van der Waals surface area contributed by atoms with Crippen LogP contribution in [0.1, 0.15) is 25.8 Å². The second kappa shape index (κ2) is 8.25. The number of nitrogens with zero attached hydrogens (tertiary/aromatic N) is 1. The van der Waals surface area contributed by atoms with Crippen LogP contribution in [0.4, 0.5) is 4.39 Å². The molecule has 6 nitrogen and oxygen atoms in total. The first kappa shape index (κ1) is 18.3. The second-order valence-corrected chi connectivity index (χ2v) is 6.36. The van der Waals surface area contributed by atoms with Gasteiger partial charge in [0.15, 0.2) is 11.6 Å². The van der Waals surface area contributed by atoms with E-state index in [4.69, 9.17) is 4.74 Å². The van der Waals surface area contributed by atoms with Crippen LogP contribution >= 0.6 is 0 Å². The minimum atomic E-state index is -0.464. The molecule has 1 amide bonds. The Kier molecular flexibility index (Phi) is 5.80. The minimum absolute atomic E-state index is 0.0957. The van der Waals surface area contributed by atoms with E-state index in [1.807, 2.05) is 6.92 Å². The molecular formula is C19H23FN4O2. The van der Waals surface area contributed by atoms with E-state index in [-0.39, 0.29) is 42.1 Å². The number of carbonyl (C=O) groups is 1. The molecular weight excluding hydrogens is 335 g/mol. The van der Waals surface area contributed by atoms with E-state index < -0.39 is 5.82 Å². The lowest BCUT2D eigenvalue weighted by Gasteiger charge is -2.17. The van der Waals surface area contributed by atoms with Gasteiger partial charge in [-0.1, -0.05) is 32.0 Å². The average Bonchev–Trinajstić information content (AvgIpc) is 3.03. The standard InChI is InChI=1S/C19H23FN4O2/c1-3-15-12(2)17(24-23-15)18(25)22-11-13-7-6-10-21-19(13)26-16-9-5-4-8-14(16)20/h4-10,12,15,17,23-24H,3,11H2,1-2H3,(H,22,25). The molecule has 1 aliphatic heterocycles. The zero-order chi connectivity index (χ0) is 18.5. The number of aromatic nitrogens is 1. The lowest BCUT2D eigenvalue weighted by molar-refractivity contribution is -0.123. The summed E-state index contributed by atoms with van der Waals surface area (Å²) in [6, 6.07) is 9.65. The Bertz CT molecular complexity index is 771. The molecule has 3 unspecified atom stereocenters. The Labute approximate surface area is 152 Å². The highest BCUT2D eigenvalue weighted by Crippen LogP contribution is 2.25. The number of carbonyl (C=O) groups excluding carboxylic acids is 1. The van der Waals surface area contributed by atoms with Crippen LogP contribution in [-0.2, 0) is 11.3 Å². The summed E-state index contributed by atoms with van der Waals surface area (Å²) in [4.78, 5) is 16.6. The normalized spacial score (nSPS) is 22.2. The first-order valence-corrected chi connectivity index (χ1v) is 8.75. The zero-order valence-electron chi connectivity index (χ0n) is 14.8. The number of ether oxygens (including phenoxy) is 1. The van der Waals surface area contributed by atoms with E-state index in [2.05, 4.69) is 28.1 Å². The van der Waals surface area contributed by atoms with Crippen molar-refractivity contribution in [2.45, 2.75) is 38.9 Å². The van der Waals surface area contributed by atoms with E-state index >= 15 is 0 Å². The molecule has 1 aromatic heterocycles. The topological polar surface area (TPSA) is 75.3 Å². The highest BCUT2D eigenvalue weighted by Gasteiger charge is 2.35. The predicted octanol–water partition coefficient (Wildman–Crippen LogP) is 2.52. The van der Waals surface area contributed by atoms with Crippen LogP contribution in [0.3, 0.4) is 0 Å². The summed E-state index contributed by atoms with van der Waals surface area (Å²) >= 11 is 0. The number of halogens is 1. The molecule has 138 valence electrons. The van der Waals surface area contributed by atoms with Gasteiger partial charge in [0.25, 0.3) is 0 Å². The monoisotopic (exact) mass is 358 g/mol. The van der Waals surface area contributed by atoms with Crippen LogP contribution in [0.5, 0.6) is 11.6 Å². The van der Waals surface area contributed by atoms with Gasteiger partial charge < -0.3 is 10.1 Å². The van der Waals surface area contributed by atoms with Gasteiger partial charge in [0.2, 0.25) is 11.8 Å². The second-order valence-electron chi connectivity index (χ2n) is 6.36. The van der Waals surface area contributed by atoms with Crippen molar-refractivity contribution >= 4 is 5.91 Å². The molecule has 2 heterocycles. The van der Waals surface area contributed by atoms with Gasteiger partial charge in [-0.3, -0.25) is 10.2 Å². The third-order valence-corrected chi connectivity index (χ3v) is 4.65. The molecule has 3 rings (SSSR count). The van der Waals surface area contributed by atoms with E-state index in [0.29, 0.717) is 5.56 Å². The van der Waals surface area contributed by atoms with Crippen LogP contribution in [0.15, 0.2) is 42.6 Å². The molecule has 2 aromatic rings. The maximum atomic E-state index is 13.8. The Morgan fingerprint density at radius 2 is 2.08 bits per heavy atom. The van der Waals surface area contributed by atoms with Crippen molar-refractivity contribution in [1.29, 1.82) is 0 Å². The van der Waals surface area contributed by atoms with Crippen molar-refractivity contribution in [3.8, 4) is 11.6 Å². The number of para-hydroxylation sites is 1. The number of hydrogen-bond acceptors (Lipinski definition) is 5. The van der Waals surface area contributed by atoms with Gasteiger partial charge in [-0.05, 0) is 30.5 Å². The Balaban J connectivity index is 1.66. The number of hydrogen-bond donors (Lipinski definition) is 3. The van der Waals surface area contributed by atoms with Crippen LogP contribution < -0.4 is 20.9 Å². The average molecular weight is 358 g/mol. The molecule has 0 radical (unpaired) electrons. The molecule has 1 saturated heterocycles. The van der Waals surface area contributed by atoms with E-state index in [1.54, 1.807) is 30.5 Å². The molecule has 3 N–H and O–H groups in total. The number of rotatable bonds is 6. The lowest BCUT2D eigenvalue weighted by Crippen LogP contribution is -2.44. The Hall–Kier alpha value is -2.51. The molecule has 1 aliphatic rings. The smallest absolute Gasteiger partial charge is 0.239 e. The molecule has 3 atom stereocenters. The maximum Gasteiger partial charge on any atom is 0.239 e. The molecule has 0 bridgehead atoms.